The molecule has 0 aliphatic carbocycles. The van der Waals surface area contributed by atoms with E-state index in [9.17, 15) is 13.2 Å². The molecule has 2 aromatic rings. The normalized spacial score (nSPS) is 11.5. The van der Waals surface area contributed by atoms with Crippen LogP contribution in [0.25, 0.3) is 0 Å². The average molecular weight is 417 g/mol. The minimum Gasteiger partial charge on any atom is -0.482 e. The van der Waals surface area contributed by atoms with Crippen molar-refractivity contribution in [2.75, 3.05) is 26.0 Å². The summed E-state index contributed by atoms with van der Waals surface area (Å²) in [6.45, 7) is 1.57. The zero-order valence-electron chi connectivity index (χ0n) is 14.4. The third-order valence-corrected chi connectivity index (χ3v) is 6.01. The molecule has 9 heteroatoms. The summed E-state index contributed by atoms with van der Waals surface area (Å²) in [6.07, 6.45) is 0. The van der Waals surface area contributed by atoms with Gasteiger partial charge in [0.2, 0.25) is 10.0 Å². The molecule has 0 aromatic heterocycles. The van der Waals surface area contributed by atoms with Crippen LogP contribution in [0.1, 0.15) is 5.56 Å². The van der Waals surface area contributed by atoms with Gasteiger partial charge in [0, 0.05) is 24.8 Å². The van der Waals surface area contributed by atoms with Crippen molar-refractivity contribution in [1.82, 2.24) is 4.31 Å². The second-order valence-corrected chi connectivity index (χ2v) is 8.65. The van der Waals surface area contributed by atoms with Gasteiger partial charge in [-0.25, -0.2) is 12.7 Å². The van der Waals surface area contributed by atoms with Crippen molar-refractivity contribution in [3.8, 4) is 5.75 Å². The number of ether oxygens (including phenoxy) is 1. The fraction of sp³-hybridized carbons (Fsp3) is 0.235. The molecule has 0 atom stereocenters. The number of hydrogen-bond acceptors (Lipinski definition) is 4. The minimum absolute atomic E-state index is 0.0404. The Bertz CT molecular complexity index is 930. The maximum Gasteiger partial charge on any atom is 0.262 e. The molecule has 0 spiro atoms. The van der Waals surface area contributed by atoms with Crippen LogP contribution in [0.5, 0.6) is 5.75 Å². The number of benzene rings is 2. The van der Waals surface area contributed by atoms with Gasteiger partial charge < -0.3 is 10.1 Å². The van der Waals surface area contributed by atoms with E-state index in [1.807, 2.05) is 6.92 Å². The van der Waals surface area contributed by atoms with Gasteiger partial charge in [-0.05, 0) is 42.8 Å². The van der Waals surface area contributed by atoms with Gasteiger partial charge in [0.1, 0.15) is 5.75 Å². The molecule has 1 amide bonds. The lowest BCUT2D eigenvalue weighted by molar-refractivity contribution is -0.118. The van der Waals surface area contributed by atoms with Crippen molar-refractivity contribution >= 4 is 44.8 Å². The average Bonchev–Trinajstić information content (AvgIpc) is 2.56. The Morgan fingerprint density at radius 3 is 2.38 bits per heavy atom. The zero-order valence-corrected chi connectivity index (χ0v) is 16.7. The molecule has 2 aromatic carbocycles. The van der Waals surface area contributed by atoms with Crippen LogP contribution in [0.3, 0.4) is 0 Å². The molecule has 26 heavy (non-hydrogen) atoms. The predicted molar refractivity (Wildman–Crippen MR) is 103 cm³/mol. The van der Waals surface area contributed by atoms with Crippen molar-refractivity contribution in [2.45, 2.75) is 11.8 Å². The fourth-order valence-electron chi connectivity index (χ4n) is 1.98. The number of anilines is 1. The summed E-state index contributed by atoms with van der Waals surface area (Å²) in [5, 5.41) is 3.30. The van der Waals surface area contributed by atoms with E-state index >= 15 is 0 Å². The van der Waals surface area contributed by atoms with E-state index in [2.05, 4.69) is 5.32 Å². The van der Waals surface area contributed by atoms with Gasteiger partial charge >= 0.3 is 0 Å². The van der Waals surface area contributed by atoms with Crippen molar-refractivity contribution in [3.05, 3.63) is 52.0 Å². The van der Waals surface area contributed by atoms with Crippen LogP contribution in [-0.4, -0.2) is 39.3 Å². The van der Waals surface area contributed by atoms with Gasteiger partial charge in [0.15, 0.2) is 6.61 Å². The third kappa shape index (κ3) is 4.88. The minimum atomic E-state index is -3.59. The van der Waals surface area contributed by atoms with Crippen LogP contribution in [0.4, 0.5) is 5.69 Å². The van der Waals surface area contributed by atoms with Crippen LogP contribution in [0.15, 0.2) is 41.3 Å². The SMILES string of the molecule is Cc1ccc(NC(=O)COc2ccc(S(=O)(=O)N(C)C)cc2Cl)cc1Cl. The molecule has 140 valence electrons. The van der Waals surface area contributed by atoms with E-state index in [-0.39, 0.29) is 22.3 Å². The number of hydrogen-bond donors (Lipinski definition) is 1. The Balaban J connectivity index is 2.03. The molecule has 0 unspecified atom stereocenters. The first kappa shape index (κ1) is 20.5. The molecule has 0 saturated carbocycles. The number of nitrogens with one attached hydrogen (secondary N) is 1. The maximum atomic E-state index is 12.1. The topological polar surface area (TPSA) is 75.7 Å². The molecule has 2 rings (SSSR count). The quantitative estimate of drug-likeness (QED) is 0.780. The lowest BCUT2D eigenvalue weighted by Gasteiger charge is -2.13. The molecule has 0 fully saturated rings. The smallest absolute Gasteiger partial charge is 0.262 e. The molecule has 0 aliphatic rings. The Morgan fingerprint density at radius 2 is 1.81 bits per heavy atom. The molecule has 0 saturated heterocycles. The summed E-state index contributed by atoms with van der Waals surface area (Å²) in [5.41, 5.74) is 1.45. The number of carbonyl (C=O) groups excluding carboxylic acids is 1. The summed E-state index contributed by atoms with van der Waals surface area (Å²) < 4.78 is 30.6. The fourth-order valence-corrected chi connectivity index (χ4v) is 3.39. The molecular formula is C17H18Cl2N2O4S. The van der Waals surface area contributed by atoms with Gasteiger partial charge in [0.25, 0.3) is 5.91 Å². The number of amides is 1. The molecule has 0 bridgehead atoms. The van der Waals surface area contributed by atoms with Crippen LogP contribution in [0, 0.1) is 6.92 Å². The lowest BCUT2D eigenvalue weighted by Crippen LogP contribution is -2.22. The van der Waals surface area contributed by atoms with Crippen LogP contribution < -0.4 is 10.1 Å². The summed E-state index contributed by atoms with van der Waals surface area (Å²) in [6, 6.07) is 9.22. The van der Waals surface area contributed by atoms with E-state index in [4.69, 9.17) is 27.9 Å². The largest absolute Gasteiger partial charge is 0.482 e. The first-order valence-electron chi connectivity index (χ1n) is 7.52. The molecular weight excluding hydrogens is 399 g/mol. The van der Waals surface area contributed by atoms with Crippen molar-refractivity contribution in [1.29, 1.82) is 0 Å². The molecule has 6 nitrogen and oxygen atoms in total. The standard InChI is InChI=1S/C17H18Cl2N2O4S/c1-11-4-5-12(8-14(11)18)20-17(22)10-25-16-7-6-13(9-15(16)19)26(23,24)21(2)3/h4-9H,10H2,1-3H3,(H,20,22). The van der Waals surface area contributed by atoms with Gasteiger partial charge in [-0.3, -0.25) is 4.79 Å². The van der Waals surface area contributed by atoms with Gasteiger partial charge in [-0.2, -0.15) is 0 Å². The van der Waals surface area contributed by atoms with E-state index < -0.39 is 15.9 Å². The Kier molecular flexibility index (Phi) is 6.52. The highest BCUT2D eigenvalue weighted by atomic mass is 35.5. The first-order valence-corrected chi connectivity index (χ1v) is 9.71. The second-order valence-electron chi connectivity index (χ2n) is 5.68. The highest BCUT2D eigenvalue weighted by Gasteiger charge is 2.19. The van der Waals surface area contributed by atoms with Gasteiger partial charge in [-0.1, -0.05) is 29.3 Å². The van der Waals surface area contributed by atoms with Crippen molar-refractivity contribution in [3.63, 3.8) is 0 Å². The maximum absolute atomic E-state index is 12.1. The van der Waals surface area contributed by atoms with E-state index in [0.717, 1.165) is 9.87 Å². The summed E-state index contributed by atoms with van der Waals surface area (Å²) in [7, 11) is -0.742. The van der Waals surface area contributed by atoms with Crippen molar-refractivity contribution < 1.29 is 17.9 Å². The van der Waals surface area contributed by atoms with Crippen LogP contribution in [-0.2, 0) is 14.8 Å². The zero-order chi connectivity index (χ0) is 19.5. The third-order valence-electron chi connectivity index (χ3n) is 3.50. The number of aryl methyl sites for hydroxylation is 1. The number of halogens is 2. The molecule has 0 radical (unpaired) electrons. The monoisotopic (exact) mass is 416 g/mol. The number of carbonyl (C=O) groups is 1. The summed E-state index contributed by atoms with van der Waals surface area (Å²) in [4.78, 5) is 12.0. The van der Waals surface area contributed by atoms with E-state index in [0.29, 0.717) is 10.7 Å². The highest BCUT2D eigenvalue weighted by Crippen LogP contribution is 2.28. The Hall–Kier alpha value is -1.80. The lowest BCUT2D eigenvalue weighted by atomic mass is 10.2. The highest BCUT2D eigenvalue weighted by molar-refractivity contribution is 7.89. The van der Waals surface area contributed by atoms with Gasteiger partial charge in [-0.15, -0.1) is 0 Å². The van der Waals surface area contributed by atoms with Crippen LogP contribution in [0.2, 0.25) is 10.0 Å². The van der Waals surface area contributed by atoms with Crippen molar-refractivity contribution in [2.24, 2.45) is 0 Å². The summed E-state index contributed by atoms with van der Waals surface area (Å²) in [5.74, 6) is -0.188. The Labute approximate surface area is 162 Å². The number of sulfonamides is 1. The summed E-state index contributed by atoms with van der Waals surface area (Å²) >= 11 is 12.1. The second kappa shape index (κ2) is 8.26. The molecule has 0 aliphatic heterocycles. The number of nitrogens with zero attached hydrogens (tertiary/aromatic N) is 1. The molecule has 0 heterocycles. The van der Waals surface area contributed by atoms with E-state index in [1.54, 1.807) is 18.2 Å². The molecule has 1 N–H and O–H groups in total. The predicted octanol–water partition coefficient (Wildman–Crippen LogP) is 3.57. The van der Waals surface area contributed by atoms with E-state index in [1.165, 1.54) is 32.3 Å². The van der Waals surface area contributed by atoms with Crippen LogP contribution >= 0.6 is 23.2 Å². The Morgan fingerprint density at radius 1 is 1.12 bits per heavy atom. The first-order chi connectivity index (χ1) is 12.1. The number of rotatable bonds is 6. The van der Waals surface area contributed by atoms with Gasteiger partial charge in [0.05, 0.1) is 9.92 Å².